The van der Waals surface area contributed by atoms with Crippen LogP contribution >= 0.6 is 0 Å². The van der Waals surface area contributed by atoms with Crippen molar-refractivity contribution in [1.82, 2.24) is 15.3 Å². The highest BCUT2D eigenvalue weighted by Gasteiger charge is 2.20. The van der Waals surface area contributed by atoms with Crippen molar-refractivity contribution in [3.8, 4) is 5.75 Å². The number of hydrogen-bond donors (Lipinski definition) is 1. The number of aryl methyl sites for hydroxylation is 2. The summed E-state index contributed by atoms with van der Waals surface area (Å²) >= 11 is 0. The van der Waals surface area contributed by atoms with Gasteiger partial charge in [0.1, 0.15) is 11.6 Å². The van der Waals surface area contributed by atoms with Crippen LogP contribution < -0.4 is 10.1 Å². The van der Waals surface area contributed by atoms with Gasteiger partial charge in [0, 0.05) is 24.3 Å². The van der Waals surface area contributed by atoms with Crippen LogP contribution in [0.1, 0.15) is 41.5 Å². The zero-order valence-electron chi connectivity index (χ0n) is 12.6. The average Bonchev–Trinajstić information content (AvgIpc) is 2.69. The van der Waals surface area contributed by atoms with Gasteiger partial charge in [-0.3, -0.25) is 0 Å². The van der Waals surface area contributed by atoms with Gasteiger partial charge in [-0.15, -0.1) is 0 Å². The van der Waals surface area contributed by atoms with E-state index in [-0.39, 0.29) is 0 Å². The minimum absolute atomic E-state index is 0.317. The van der Waals surface area contributed by atoms with Crippen molar-refractivity contribution in [2.45, 2.75) is 39.3 Å². The molecule has 0 spiro atoms. The molecule has 0 fully saturated rings. The van der Waals surface area contributed by atoms with Gasteiger partial charge in [0.05, 0.1) is 12.3 Å². The van der Waals surface area contributed by atoms with Crippen LogP contribution in [0, 0.1) is 13.8 Å². The van der Waals surface area contributed by atoms with Crippen LogP contribution in [0.4, 0.5) is 0 Å². The van der Waals surface area contributed by atoms with Gasteiger partial charge in [-0.2, -0.15) is 0 Å². The maximum atomic E-state index is 5.92. The molecule has 0 radical (unpaired) electrons. The lowest BCUT2D eigenvalue weighted by molar-refractivity contribution is 0.313. The second kappa shape index (κ2) is 6.22. The summed E-state index contributed by atoms with van der Waals surface area (Å²) in [7, 11) is 0. The van der Waals surface area contributed by atoms with E-state index < -0.39 is 0 Å². The third-order valence-corrected chi connectivity index (χ3v) is 3.86. The van der Waals surface area contributed by atoms with Gasteiger partial charge >= 0.3 is 0 Å². The smallest absolute Gasteiger partial charge is 0.126 e. The summed E-state index contributed by atoms with van der Waals surface area (Å²) in [5.41, 5.74) is 3.50. The first-order valence-electron chi connectivity index (χ1n) is 7.48. The molecule has 0 bridgehead atoms. The number of nitrogens with one attached hydrogen (secondary N) is 1. The summed E-state index contributed by atoms with van der Waals surface area (Å²) in [6.07, 6.45) is 3.96. The Morgan fingerprint density at radius 2 is 2.19 bits per heavy atom. The molecule has 1 unspecified atom stereocenters. The Labute approximate surface area is 125 Å². The summed E-state index contributed by atoms with van der Waals surface area (Å²) in [5.74, 6) is 1.86. The number of hydrogen-bond acceptors (Lipinski definition) is 4. The molecule has 0 aliphatic carbocycles. The topological polar surface area (TPSA) is 47.0 Å². The van der Waals surface area contributed by atoms with Crippen molar-refractivity contribution in [3.05, 3.63) is 53.1 Å². The van der Waals surface area contributed by atoms with Crippen molar-refractivity contribution >= 4 is 0 Å². The number of nitrogens with zero attached hydrogens (tertiary/aromatic N) is 2. The summed E-state index contributed by atoms with van der Waals surface area (Å²) in [6, 6.07) is 8.65. The van der Waals surface area contributed by atoms with Gasteiger partial charge in [-0.05, 0) is 38.3 Å². The molecule has 3 rings (SSSR count). The Balaban J connectivity index is 1.78. The first kappa shape index (κ1) is 14.0. The van der Waals surface area contributed by atoms with Gasteiger partial charge in [0.15, 0.2) is 0 Å². The highest BCUT2D eigenvalue weighted by atomic mass is 16.5. The van der Waals surface area contributed by atoms with Gasteiger partial charge in [-0.25, -0.2) is 9.97 Å². The molecule has 1 atom stereocenters. The van der Waals surface area contributed by atoms with Crippen LogP contribution in [0.3, 0.4) is 0 Å². The highest BCUT2D eigenvalue weighted by Crippen LogP contribution is 2.34. The van der Waals surface area contributed by atoms with Gasteiger partial charge in [-0.1, -0.05) is 18.2 Å². The quantitative estimate of drug-likeness (QED) is 0.940. The van der Waals surface area contributed by atoms with Crippen LogP contribution in [-0.2, 0) is 6.54 Å². The summed E-state index contributed by atoms with van der Waals surface area (Å²) in [6.45, 7) is 5.57. The molecule has 0 amide bonds. The molecule has 1 aliphatic heterocycles. The fourth-order valence-electron chi connectivity index (χ4n) is 2.81. The predicted octanol–water partition coefficient (Wildman–Crippen LogP) is 3.10. The largest absolute Gasteiger partial charge is 0.493 e. The molecule has 1 aromatic heterocycles. The summed E-state index contributed by atoms with van der Waals surface area (Å²) in [5, 5.41) is 3.62. The number of para-hydroxylation sites is 1. The number of benzene rings is 1. The molecular formula is C17H21N3O. The molecule has 110 valence electrons. The van der Waals surface area contributed by atoms with Crippen molar-refractivity contribution in [3.63, 3.8) is 0 Å². The van der Waals surface area contributed by atoms with E-state index in [2.05, 4.69) is 40.4 Å². The maximum Gasteiger partial charge on any atom is 0.126 e. The van der Waals surface area contributed by atoms with E-state index in [1.807, 2.05) is 19.2 Å². The molecule has 2 aromatic rings. The Kier molecular flexibility index (Phi) is 4.15. The van der Waals surface area contributed by atoms with Crippen molar-refractivity contribution in [2.75, 3.05) is 6.61 Å². The van der Waals surface area contributed by atoms with Gasteiger partial charge in [0.25, 0.3) is 0 Å². The van der Waals surface area contributed by atoms with Crippen molar-refractivity contribution in [2.24, 2.45) is 0 Å². The van der Waals surface area contributed by atoms with E-state index in [4.69, 9.17) is 4.74 Å². The zero-order valence-corrected chi connectivity index (χ0v) is 12.6. The van der Waals surface area contributed by atoms with Crippen LogP contribution in [0.5, 0.6) is 5.75 Å². The number of rotatable bonds is 3. The van der Waals surface area contributed by atoms with E-state index in [1.54, 1.807) is 0 Å². The van der Waals surface area contributed by atoms with Crippen molar-refractivity contribution in [1.29, 1.82) is 0 Å². The lowest BCUT2D eigenvalue weighted by atomic mass is 10.00. The second-order valence-corrected chi connectivity index (χ2v) is 5.51. The maximum absolute atomic E-state index is 5.92. The second-order valence-electron chi connectivity index (χ2n) is 5.51. The average molecular weight is 283 g/mol. The highest BCUT2D eigenvalue weighted by molar-refractivity contribution is 5.43. The van der Waals surface area contributed by atoms with E-state index in [0.29, 0.717) is 6.04 Å². The summed E-state index contributed by atoms with van der Waals surface area (Å²) in [4.78, 5) is 8.59. The number of ether oxygens (including phenoxy) is 1. The Bertz CT molecular complexity index is 627. The Morgan fingerprint density at radius 3 is 3.05 bits per heavy atom. The predicted molar refractivity (Wildman–Crippen MR) is 82.3 cm³/mol. The normalized spacial score (nSPS) is 17.7. The van der Waals surface area contributed by atoms with E-state index >= 15 is 0 Å². The van der Waals surface area contributed by atoms with Crippen LogP contribution in [0.15, 0.2) is 30.5 Å². The molecular weight excluding hydrogens is 262 g/mol. The Hall–Kier alpha value is -1.94. The van der Waals surface area contributed by atoms with E-state index in [0.717, 1.165) is 43.3 Å². The van der Waals surface area contributed by atoms with Gasteiger partial charge < -0.3 is 10.1 Å². The monoisotopic (exact) mass is 283 g/mol. The van der Waals surface area contributed by atoms with Gasteiger partial charge in [0.2, 0.25) is 0 Å². The Morgan fingerprint density at radius 1 is 1.29 bits per heavy atom. The standard InChI is InChI=1S/C17H21N3O/c1-12-5-3-6-15-16(7-4-10-21-17(12)15)19-11-14-8-9-18-13(2)20-14/h3,5-6,8-9,16,19H,4,7,10-11H2,1-2H3. The summed E-state index contributed by atoms with van der Waals surface area (Å²) < 4.78 is 5.92. The van der Waals surface area contributed by atoms with Crippen molar-refractivity contribution < 1.29 is 4.74 Å². The fraction of sp³-hybridized carbons (Fsp3) is 0.412. The lowest BCUT2D eigenvalue weighted by Gasteiger charge is -2.19. The molecule has 1 aliphatic rings. The molecule has 4 heteroatoms. The molecule has 1 aromatic carbocycles. The molecule has 21 heavy (non-hydrogen) atoms. The number of fused-ring (bicyclic) bond motifs is 1. The van der Waals surface area contributed by atoms with E-state index in [9.17, 15) is 0 Å². The van der Waals surface area contributed by atoms with Crippen LogP contribution in [0.2, 0.25) is 0 Å². The zero-order chi connectivity index (χ0) is 14.7. The molecule has 1 N–H and O–H groups in total. The minimum atomic E-state index is 0.317. The lowest BCUT2D eigenvalue weighted by Crippen LogP contribution is -2.21. The molecule has 4 nitrogen and oxygen atoms in total. The first-order valence-corrected chi connectivity index (χ1v) is 7.48. The molecule has 0 saturated heterocycles. The molecule has 0 saturated carbocycles. The SMILES string of the molecule is Cc1nccc(CNC2CCCOc3c(C)cccc32)n1. The van der Waals surface area contributed by atoms with Crippen LogP contribution in [-0.4, -0.2) is 16.6 Å². The van der Waals surface area contributed by atoms with Crippen LogP contribution in [0.25, 0.3) is 0 Å². The third-order valence-electron chi connectivity index (χ3n) is 3.86. The third kappa shape index (κ3) is 3.22. The minimum Gasteiger partial charge on any atom is -0.493 e. The first-order chi connectivity index (χ1) is 10.2. The fourth-order valence-corrected chi connectivity index (χ4v) is 2.81. The van der Waals surface area contributed by atoms with E-state index in [1.165, 1.54) is 11.1 Å². The number of aromatic nitrogens is 2. The molecule has 2 heterocycles.